The number of piperazine rings is 1. The molecule has 6 nitrogen and oxygen atoms in total. The molecule has 2 aromatic rings. The third kappa shape index (κ3) is 5.79. The first-order chi connectivity index (χ1) is 15.0. The largest absolute Gasteiger partial charge is 0.369 e. The zero-order valence-electron chi connectivity index (χ0n) is 19.2. The number of anilines is 1. The van der Waals surface area contributed by atoms with Gasteiger partial charge in [0.15, 0.2) is 5.78 Å². The highest BCUT2D eigenvalue weighted by atomic mass is 16.1. The number of rotatable bonds is 8. The number of likely N-dealkylation sites (N-methyl/N-ethyl adjacent to an activating group) is 1. The van der Waals surface area contributed by atoms with Crippen molar-refractivity contribution in [3.63, 3.8) is 0 Å². The number of hydrogen-bond acceptors (Lipinski definition) is 6. The van der Waals surface area contributed by atoms with E-state index in [1.54, 1.807) is 0 Å². The first kappa shape index (κ1) is 24.7. The Bertz CT molecular complexity index is 828. The molecule has 1 aliphatic rings. The molecular formula is C25H36N4O2. The van der Waals surface area contributed by atoms with Gasteiger partial charge in [-0.05, 0) is 63.8 Å². The van der Waals surface area contributed by atoms with Crippen molar-refractivity contribution < 1.29 is 9.59 Å². The van der Waals surface area contributed by atoms with E-state index in [4.69, 9.17) is 0 Å². The molecule has 3 rings (SSSR count). The highest BCUT2D eigenvalue weighted by Gasteiger charge is 2.39. The minimum atomic E-state index is -0.626. The third-order valence-electron chi connectivity index (χ3n) is 6.09. The van der Waals surface area contributed by atoms with Crippen LogP contribution in [0.25, 0.3) is 0 Å². The molecule has 0 aromatic heterocycles. The standard InChI is InChI=1S/C24H31N3O2.CH5N/c1-4-24(26(2)3,17-19-5-7-20(18-28)8-6-19)23(29)21-9-11-22(12-10-21)27-15-13-25-14-16-27;1-2/h5-12,18,25H,4,13-17H2,1-3H3;2H2,1H3. The van der Waals surface area contributed by atoms with Gasteiger partial charge in [0.25, 0.3) is 0 Å². The number of Topliss-reactive ketones (excluding diaryl/α,β-unsaturated/α-hetero) is 1. The number of aldehydes is 1. The van der Waals surface area contributed by atoms with Crippen molar-refractivity contribution in [3.05, 3.63) is 65.2 Å². The van der Waals surface area contributed by atoms with Crippen LogP contribution in [-0.4, -0.2) is 69.8 Å². The first-order valence-electron chi connectivity index (χ1n) is 10.9. The van der Waals surface area contributed by atoms with Gasteiger partial charge >= 0.3 is 0 Å². The summed E-state index contributed by atoms with van der Waals surface area (Å²) < 4.78 is 0. The Morgan fingerprint density at radius 2 is 1.65 bits per heavy atom. The third-order valence-corrected chi connectivity index (χ3v) is 6.09. The number of nitrogens with zero attached hydrogens (tertiary/aromatic N) is 2. The predicted molar refractivity (Wildman–Crippen MR) is 128 cm³/mol. The Kier molecular flexibility index (Phi) is 9.37. The van der Waals surface area contributed by atoms with Crippen LogP contribution in [0.5, 0.6) is 0 Å². The maximum atomic E-state index is 13.6. The number of nitrogens with one attached hydrogen (secondary N) is 1. The molecule has 1 fully saturated rings. The van der Waals surface area contributed by atoms with E-state index in [0.717, 1.165) is 43.6 Å². The Balaban J connectivity index is 0.00000166. The molecule has 2 aromatic carbocycles. The van der Waals surface area contributed by atoms with E-state index >= 15 is 0 Å². The summed E-state index contributed by atoms with van der Waals surface area (Å²) in [6.45, 7) is 6.01. The molecule has 1 atom stereocenters. The molecule has 0 saturated carbocycles. The van der Waals surface area contributed by atoms with Crippen molar-refractivity contribution in [3.8, 4) is 0 Å². The second-order valence-electron chi connectivity index (χ2n) is 7.93. The molecule has 6 heteroatoms. The Labute approximate surface area is 186 Å². The van der Waals surface area contributed by atoms with Crippen LogP contribution >= 0.6 is 0 Å². The average molecular weight is 425 g/mol. The number of hydrogen-bond donors (Lipinski definition) is 2. The number of nitrogens with two attached hydrogens (primary N) is 1. The summed E-state index contributed by atoms with van der Waals surface area (Å²) in [6.07, 6.45) is 2.15. The molecule has 0 spiro atoms. The summed E-state index contributed by atoms with van der Waals surface area (Å²) in [4.78, 5) is 28.9. The van der Waals surface area contributed by atoms with Gasteiger partial charge in [0.2, 0.25) is 0 Å². The SMILES string of the molecule is CCC(Cc1ccc(C=O)cc1)(C(=O)c1ccc(N2CCNCC2)cc1)N(C)C.CN. The van der Waals surface area contributed by atoms with Gasteiger partial charge in [0.1, 0.15) is 6.29 Å². The fourth-order valence-electron chi connectivity index (χ4n) is 4.11. The summed E-state index contributed by atoms with van der Waals surface area (Å²) in [5.41, 5.74) is 7.48. The first-order valence-corrected chi connectivity index (χ1v) is 10.9. The smallest absolute Gasteiger partial charge is 0.183 e. The Morgan fingerprint density at radius 1 is 1.06 bits per heavy atom. The van der Waals surface area contributed by atoms with E-state index < -0.39 is 5.54 Å². The fourth-order valence-corrected chi connectivity index (χ4v) is 4.11. The summed E-state index contributed by atoms with van der Waals surface area (Å²) >= 11 is 0. The summed E-state index contributed by atoms with van der Waals surface area (Å²) in [7, 11) is 5.44. The minimum Gasteiger partial charge on any atom is -0.369 e. The van der Waals surface area contributed by atoms with Crippen molar-refractivity contribution in [2.45, 2.75) is 25.3 Å². The zero-order chi connectivity index (χ0) is 22.9. The van der Waals surface area contributed by atoms with Crippen LogP contribution in [0.1, 0.15) is 39.6 Å². The highest BCUT2D eigenvalue weighted by molar-refractivity contribution is 6.03. The van der Waals surface area contributed by atoms with Crippen molar-refractivity contribution in [2.24, 2.45) is 5.73 Å². The van der Waals surface area contributed by atoms with Crippen LogP contribution < -0.4 is 16.0 Å². The number of carbonyl (C=O) groups excluding carboxylic acids is 2. The summed E-state index contributed by atoms with van der Waals surface area (Å²) in [5, 5.41) is 3.36. The van der Waals surface area contributed by atoms with Crippen LogP contribution in [0, 0.1) is 0 Å². The lowest BCUT2D eigenvalue weighted by atomic mass is 9.80. The lowest BCUT2D eigenvalue weighted by Crippen LogP contribution is -2.52. The van der Waals surface area contributed by atoms with E-state index in [1.165, 1.54) is 12.7 Å². The fraction of sp³-hybridized carbons (Fsp3) is 0.440. The van der Waals surface area contributed by atoms with E-state index in [-0.39, 0.29) is 5.78 Å². The van der Waals surface area contributed by atoms with Crippen LogP contribution in [0.2, 0.25) is 0 Å². The molecule has 168 valence electrons. The van der Waals surface area contributed by atoms with Crippen LogP contribution in [-0.2, 0) is 6.42 Å². The highest BCUT2D eigenvalue weighted by Crippen LogP contribution is 2.29. The normalized spacial score (nSPS) is 15.6. The van der Waals surface area contributed by atoms with E-state index in [1.807, 2.05) is 55.4 Å². The van der Waals surface area contributed by atoms with Crippen LogP contribution in [0.3, 0.4) is 0 Å². The molecular weight excluding hydrogens is 388 g/mol. The summed E-state index contributed by atoms with van der Waals surface area (Å²) in [5.74, 6) is 0.135. The van der Waals surface area contributed by atoms with Crippen molar-refractivity contribution in [2.75, 3.05) is 52.2 Å². The zero-order valence-corrected chi connectivity index (χ0v) is 19.2. The number of benzene rings is 2. The molecule has 1 unspecified atom stereocenters. The van der Waals surface area contributed by atoms with E-state index in [2.05, 4.69) is 35.0 Å². The molecule has 1 aliphatic heterocycles. The van der Waals surface area contributed by atoms with Crippen molar-refractivity contribution >= 4 is 17.8 Å². The van der Waals surface area contributed by atoms with Gasteiger partial charge < -0.3 is 16.0 Å². The molecule has 1 saturated heterocycles. The Morgan fingerprint density at radius 3 is 2.13 bits per heavy atom. The van der Waals surface area contributed by atoms with Gasteiger partial charge in [0, 0.05) is 43.0 Å². The molecule has 0 amide bonds. The maximum Gasteiger partial charge on any atom is 0.183 e. The molecule has 0 bridgehead atoms. The molecule has 0 radical (unpaired) electrons. The second kappa shape index (κ2) is 11.7. The average Bonchev–Trinajstić information content (AvgIpc) is 2.84. The minimum absolute atomic E-state index is 0.135. The molecule has 3 N–H and O–H groups in total. The second-order valence-corrected chi connectivity index (χ2v) is 7.93. The van der Waals surface area contributed by atoms with Gasteiger partial charge in [-0.25, -0.2) is 0 Å². The Hall–Kier alpha value is -2.54. The van der Waals surface area contributed by atoms with Gasteiger partial charge in [-0.3, -0.25) is 14.5 Å². The van der Waals surface area contributed by atoms with Gasteiger partial charge in [0.05, 0.1) is 5.54 Å². The predicted octanol–water partition coefficient (Wildman–Crippen LogP) is 2.62. The van der Waals surface area contributed by atoms with E-state index in [0.29, 0.717) is 18.4 Å². The van der Waals surface area contributed by atoms with E-state index in [9.17, 15) is 9.59 Å². The van der Waals surface area contributed by atoms with Crippen molar-refractivity contribution in [1.29, 1.82) is 0 Å². The van der Waals surface area contributed by atoms with Gasteiger partial charge in [-0.2, -0.15) is 0 Å². The number of ketones is 1. The maximum absolute atomic E-state index is 13.6. The molecule has 31 heavy (non-hydrogen) atoms. The topological polar surface area (TPSA) is 78.7 Å². The van der Waals surface area contributed by atoms with Crippen LogP contribution in [0.15, 0.2) is 48.5 Å². The molecule has 0 aliphatic carbocycles. The van der Waals surface area contributed by atoms with Gasteiger partial charge in [-0.1, -0.05) is 31.2 Å². The lowest BCUT2D eigenvalue weighted by Gasteiger charge is -2.38. The number of carbonyl (C=O) groups is 2. The lowest BCUT2D eigenvalue weighted by molar-refractivity contribution is 0.0666. The molecule has 1 heterocycles. The summed E-state index contributed by atoms with van der Waals surface area (Å²) in [6, 6.07) is 15.6. The monoisotopic (exact) mass is 424 g/mol. The van der Waals surface area contributed by atoms with Crippen molar-refractivity contribution in [1.82, 2.24) is 10.2 Å². The quantitative estimate of drug-likeness (QED) is 0.501. The van der Waals surface area contributed by atoms with Crippen LogP contribution in [0.4, 0.5) is 5.69 Å². The van der Waals surface area contributed by atoms with Gasteiger partial charge in [-0.15, -0.1) is 0 Å².